The van der Waals surface area contributed by atoms with Crippen LogP contribution in [0.25, 0.3) is 111 Å². The predicted octanol–water partition coefficient (Wildman–Crippen LogP) is 14.3. The molecule has 0 aliphatic carbocycles. The summed E-state index contributed by atoms with van der Waals surface area (Å²) < 4.78 is 13.0. The average Bonchev–Trinajstić information content (AvgIpc) is 3.86. The van der Waals surface area contributed by atoms with Crippen molar-refractivity contribution >= 4 is 43.9 Å². The minimum absolute atomic E-state index is 0.688. The van der Waals surface area contributed by atoms with E-state index in [1.807, 2.05) is 54.6 Å². The SMILES string of the molecule is c1ccc(-c2ccc(-c3nc(-c4ccccc4)cc(-c4ccc(-c5ccc(-c6cccc7oc8ccccc8c67)c6oc7ccccc7c56)cc4)n3)cc2)cc1. The van der Waals surface area contributed by atoms with E-state index in [1.165, 1.54) is 5.56 Å². The molecule has 3 aromatic heterocycles. The lowest BCUT2D eigenvalue weighted by Gasteiger charge is -2.12. The summed E-state index contributed by atoms with van der Waals surface area (Å²) in [5, 5.41) is 4.35. The number of para-hydroxylation sites is 2. The van der Waals surface area contributed by atoms with Crippen LogP contribution in [0.3, 0.4) is 0 Å². The number of benzene rings is 8. The summed E-state index contributed by atoms with van der Waals surface area (Å²) in [6.45, 7) is 0. The third kappa shape index (κ3) is 5.39. The van der Waals surface area contributed by atoms with Crippen molar-refractivity contribution in [2.24, 2.45) is 0 Å². The van der Waals surface area contributed by atoms with Crippen LogP contribution in [0.1, 0.15) is 0 Å². The van der Waals surface area contributed by atoms with Crippen molar-refractivity contribution in [1.82, 2.24) is 9.97 Å². The molecule has 3 heterocycles. The predicted molar refractivity (Wildman–Crippen MR) is 229 cm³/mol. The van der Waals surface area contributed by atoms with Crippen LogP contribution in [0.5, 0.6) is 0 Å². The second-order valence-electron chi connectivity index (χ2n) is 14.1. The molecule has 0 atom stereocenters. The van der Waals surface area contributed by atoms with Gasteiger partial charge in [-0.25, -0.2) is 9.97 Å². The number of aromatic nitrogens is 2. The van der Waals surface area contributed by atoms with Gasteiger partial charge in [0.15, 0.2) is 5.82 Å². The van der Waals surface area contributed by atoms with E-state index < -0.39 is 0 Å². The largest absolute Gasteiger partial charge is 0.456 e. The lowest BCUT2D eigenvalue weighted by atomic mass is 9.92. The summed E-state index contributed by atoms with van der Waals surface area (Å²) >= 11 is 0. The van der Waals surface area contributed by atoms with Crippen molar-refractivity contribution in [2.45, 2.75) is 0 Å². The van der Waals surface area contributed by atoms with Crippen LogP contribution >= 0.6 is 0 Å². The first-order chi connectivity index (χ1) is 27.7. The van der Waals surface area contributed by atoms with E-state index in [9.17, 15) is 0 Å². The van der Waals surface area contributed by atoms with Gasteiger partial charge < -0.3 is 8.83 Å². The Hall–Kier alpha value is -7.56. The van der Waals surface area contributed by atoms with Crippen molar-refractivity contribution in [2.75, 3.05) is 0 Å². The molecule has 0 bridgehead atoms. The highest BCUT2D eigenvalue weighted by Crippen LogP contribution is 2.45. The fourth-order valence-corrected chi connectivity index (χ4v) is 8.02. The number of nitrogens with zero attached hydrogens (tertiary/aromatic N) is 2. The van der Waals surface area contributed by atoms with E-state index in [0.717, 1.165) is 99.8 Å². The molecule has 0 saturated carbocycles. The molecular weight excluding hydrogens is 685 g/mol. The molecule has 0 unspecified atom stereocenters. The Bertz CT molecular complexity index is 3220. The smallest absolute Gasteiger partial charge is 0.160 e. The van der Waals surface area contributed by atoms with Crippen LogP contribution in [0, 0.1) is 0 Å². The Labute approximate surface area is 323 Å². The molecule has 0 aliphatic rings. The summed E-state index contributed by atoms with van der Waals surface area (Å²) in [5.74, 6) is 0.688. The fraction of sp³-hybridized carbons (Fsp3) is 0. The topological polar surface area (TPSA) is 52.1 Å². The molecular formula is C52H32N2O2. The Morgan fingerprint density at radius 1 is 0.304 bits per heavy atom. The number of fused-ring (bicyclic) bond motifs is 6. The molecule has 0 saturated heterocycles. The van der Waals surface area contributed by atoms with E-state index in [0.29, 0.717) is 5.82 Å². The van der Waals surface area contributed by atoms with E-state index in [2.05, 4.69) is 140 Å². The van der Waals surface area contributed by atoms with Gasteiger partial charge in [0.1, 0.15) is 22.3 Å². The summed E-state index contributed by atoms with van der Waals surface area (Å²) in [6, 6.07) is 67.2. The molecule has 4 nitrogen and oxygen atoms in total. The maximum absolute atomic E-state index is 6.73. The minimum atomic E-state index is 0.688. The van der Waals surface area contributed by atoms with E-state index in [4.69, 9.17) is 18.8 Å². The lowest BCUT2D eigenvalue weighted by Crippen LogP contribution is -1.96. The Morgan fingerprint density at radius 3 is 1.52 bits per heavy atom. The number of hydrogen-bond donors (Lipinski definition) is 0. The molecule has 0 N–H and O–H groups in total. The molecule has 0 radical (unpaired) electrons. The fourth-order valence-electron chi connectivity index (χ4n) is 8.02. The standard InChI is InChI=1S/C52H32N2O2/c1-3-12-33(13-4-1)34-22-28-38(29-23-34)52-53-44(36-14-5-2-6-15-36)32-45(54-52)37-26-24-35(25-27-37)39-30-31-41(51-50(39)43-17-8-10-20-47(43)56-51)40-18-11-21-48-49(40)42-16-7-9-19-46(42)55-48/h1-32H. The van der Waals surface area contributed by atoms with E-state index >= 15 is 0 Å². The number of hydrogen-bond acceptors (Lipinski definition) is 4. The second-order valence-corrected chi connectivity index (χ2v) is 14.1. The number of furan rings is 2. The van der Waals surface area contributed by atoms with Crippen molar-refractivity contribution in [3.05, 3.63) is 194 Å². The first-order valence-corrected chi connectivity index (χ1v) is 18.8. The van der Waals surface area contributed by atoms with Crippen LogP contribution in [-0.2, 0) is 0 Å². The maximum Gasteiger partial charge on any atom is 0.160 e. The van der Waals surface area contributed by atoms with Gasteiger partial charge in [-0.15, -0.1) is 0 Å². The summed E-state index contributed by atoms with van der Waals surface area (Å²) in [5.41, 5.74) is 14.9. The lowest BCUT2D eigenvalue weighted by molar-refractivity contribution is 0.668. The zero-order valence-electron chi connectivity index (χ0n) is 30.2. The molecule has 0 spiro atoms. The van der Waals surface area contributed by atoms with Crippen molar-refractivity contribution in [3.63, 3.8) is 0 Å². The Balaban J connectivity index is 1.03. The molecule has 0 amide bonds. The normalized spacial score (nSPS) is 11.6. The molecule has 4 heteroatoms. The minimum Gasteiger partial charge on any atom is -0.456 e. The molecule has 0 fully saturated rings. The Kier molecular flexibility index (Phi) is 7.46. The third-order valence-corrected chi connectivity index (χ3v) is 10.8. The summed E-state index contributed by atoms with van der Waals surface area (Å²) in [4.78, 5) is 10.2. The maximum atomic E-state index is 6.73. The van der Waals surface area contributed by atoms with Crippen molar-refractivity contribution < 1.29 is 8.83 Å². The quantitative estimate of drug-likeness (QED) is 0.172. The second kappa shape index (κ2) is 13.1. The van der Waals surface area contributed by atoms with Gasteiger partial charge in [0, 0.05) is 43.8 Å². The van der Waals surface area contributed by atoms with Crippen LogP contribution in [0.15, 0.2) is 203 Å². The van der Waals surface area contributed by atoms with Gasteiger partial charge in [0.05, 0.1) is 11.4 Å². The van der Waals surface area contributed by atoms with Gasteiger partial charge in [0.25, 0.3) is 0 Å². The van der Waals surface area contributed by atoms with Crippen molar-refractivity contribution in [3.8, 4) is 67.3 Å². The summed E-state index contributed by atoms with van der Waals surface area (Å²) in [6.07, 6.45) is 0. The highest BCUT2D eigenvalue weighted by atomic mass is 16.3. The van der Waals surface area contributed by atoms with Gasteiger partial charge in [0.2, 0.25) is 0 Å². The Morgan fingerprint density at radius 2 is 0.804 bits per heavy atom. The molecule has 56 heavy (non-hydrogen) atoms. The zero-order valence-corrected chi connectivity index (χ0v) is 30.2. The molecule has 8 aromatic carbocycles. The summed E-state index contributed by atoms with van der Waals surface area (Å²) in [7, 11) is 0. The van der Waals surface area contributed by atoms with Crippen LogP contribution in [0.2, 0.25) is 0 Å². The van der Waals surface area contributed by atoms with Crippen LogP contribution in [-0.4, -0.2) is 9.97 Å². The average molecular weight is 717 g/mol. The molecule has 0 aliphatic heterocycles. The highest BCUT2D eigenvalue weighted by molar-refractivity contribution is 6.20. The third-order valence-electron chi connectivity index (χ3n) is 10.8. The number of rotatable bonds is 6. The monoisotopic (exact) mass is 716 g/mol. The van der Waals surface area contributed by atoms with Gasteiger partial charge >= 0.3 is 0 Å². The van der Waals surface area contributed by atoms with E-state index in [-0.39, 0.29) is 0 Å². The van der Waals surface area contributed by atoms with Crippen LogP contribution in [0.4, 0.5) is 0 Å². The zero-order chi connectivity index (χ0) is 37.0. The highest BCUT2D eigenvalue weighted by Gasteiger charge is 2.20. The van der Waals surface area contributed by atoms with Gasteiger partial charge in [-0.05, 0) is 58.1 Å². The van der Waals surface area contributed by atoms with E-state index in [1.54, 1.807) is 0 Å². The molecule has 11 rings (SSSR count). The van der Waals surface area contributed by atoms with Crippen LogP contribution < -0.4 is 0 Å². The first-order valence-electron chi connectivity index (χ1n) is 18.8. The van der Waals surface area contributed by atoms with Crippen molar-refractivity contribution in [1.29, 1.82) is 0 Å². The van der Waals surface area contributed by atoms with Gasteiger partial charge in [-0.2, -0.15) is 0 Å². The molecule has 262 valence electrons. The van der Waals surface area contributed by atoms with Gasteiger partial charge in [-0.1, -0.05) is 164 Å². The molecule has 11 aromatic rings. The first kappa shape index (κ1) is 31.9. The van der Waals surface area contributed by atoms with Gasteiger partial charge in [-0.3, -0.25) is 0 Å².